The van der Waals surface area contributed by atoms with Gasteiger partial charge in [-0.3, -0.25) is 0 Å². The van der Waals surface area contributed by atoms with Crippen molar-refractivity contribution in [3.63, 3.8) is 0 Å². The topological polar surface area (TPSA) is 46.2 Å². The SMILES string of the molecule is Nc1sc2ccccc2c1CCO. The highest BCUT2D eigenvalue weighted by atomic mass is 32.1. The fourth-order valence-corrected chi connectivity index (χ4v) is 2.51. The molecule has 13 heavy (non-hydrogen) atoms. The third-order valence-corrected chi connectivity index (χ3v) is 3.13. The molecular weight excluding hydrogens is 182 g/mol. The number of aliphatic hydroxyl groups excluding tert-OH is 1. The Bertz CT molecular complexity index is 422. The largest absolute Gasteiger partial charge is 0.396 e. The average molecular weight is 193 g/mol. The minimum Gasteiger partial charge on any atom is -0.396 e. The first-order valence-electron chi connectivity index (χ1n) is 4.19. The summed E-state index contributed by atoms with van der Waals surface area (Å²) >= 11 is 1.59. The van der Waals surface area contributed by atoms with E-state index in [0.29, 0.717) is 6.42 Å². The summed E-state index contributed by atoms with van der Waals surface area (Å²) in [4.78, 5) is 0. The Kier molecular flexibility index (Phi) is 2.20. The predicted octanol–water partition coefficient (Wildman–Crippen LogP) is 2.02. The van der Waals surface area contributed by atoms with Crippen molar-refractivity contribution in [2.75, 3.05) is 12.3 Å². The summed E-state index contributed by atoms with van der Waals surface area (Å²) in [5.74, 6) is 0. The van der Waals surface area contributed by atoms with Crippen molar-refractivity contribution in [2.45, 2.75) is 6.42 Å². The Labute approximate surface area is 80.6 Å². The van der Waals surface area contributed by atoms with Crippen molar-refractivity contribution >= 4 is 26.4 Å². The number of nitrogens with two attached hydrogens (primary N) is 1. The second-order valence-corrected chi connectivity index (χ2v) is 4.00. The van der Waals surface area contributed by atoms with Crippen molar-refractivity contribution in [1.82, 2.24) is 0 Å². The van der Waals surface area contributed by atoms with Gasteiger partial charge in [-0.1, -0.05) is 18.2 Å². The summed E-state index contributed by atoms with van der Waals surface area (Å²) in [7, 11) is 0. The zero-order valence-corrected chi connectivity index (χ0v) is 7.97. The monoisotopic (exact) mass is 193 g/mol. The van der Waals surface area contributed by atoms with Crippen LogP contribution in [-0.4, -0.2) is 11.7 Å². The van der Waals surface area contributed by atoms with Gasteiger partial charge in [0.05, 0.1) is 5.00 Å². The predicted molar refractivity (Wildman–Crippen MR) is 57.0 cm³/mol. The molecule has 0 fully saturated rings. The first-order chi connectivity index (χ1) is 6.33. The molecule has 0 aliphatic heterocycles. The fourth-order valence-electron chi connectivity index (χ4n) is 1.49. The van der Waals surface area contributed by atoms with Gasteiger partial charge in [0.15, 0.2) is 0 Å². The zero-order valence-electron chi connectivity index (χ0n) is 7.16. The number of nitrogen functional groups attached to an aromatic ring is 1. The van der Waals surface area contributed by atoms with Gasteiger partial charge in [-0.2, -0.15) is 0 Å². The van der Waals surface area contributed by atoms with Crippen LogP contribution in [0.4, 0.5) is 5.00 Å². The molecule has 0 aliphatic carbocycles. The molecule has 0 saturated carbocycles. The summed E-state index contributed by atoms with van der Waals surface area (Å²) in [5.41, 5.74) is 6.93. The third kappa shape index (κ3) is 1.41. The summed E-state index contributed by atoms with van der Waals surface area (Å²) in [6.07, 6.45) is 0.649. The second-order valence-electron chi connectivity index (χ2n) is 2.91. The van der Waals surface area contributed by atoms with Gasteiger partial charge >= 0.3 is 0 Å². The molecule has 3 N–H and O–H groups in total. The first-order valence-corrected chi connectivity index (χ1v) is 5.01. The van der Waals surface area contributed by atoms with Crippen molar-refractivity contribution in [3.05, 3.63) is 29.8 Å². The van der Waals surface area contributed by atoms with Gasteiger partial charge in [0.1, 0.15) is 0 Å². The van der Waals surface area contributed by atoms with Gasteiger partial charge in [0, 0.05) is 11.3 Å². The lowest BCUT2D eigenvalue weighted by molar-refractivity contribution is 0.300. The summed E-state index contributed by atoms with van der Waals surface area (Å²) in [5, 5.41) is 10.9. The standard InChI is InChI=1S/C10H11NOS/c11-10-8(5-6-12)7-3-1-2-4-9(7)13-10/h1-4,12H,5-6,11H2. The number of benzene rings is 1. The maximum atomic E-state index is 8.87. The van der Waals surface area contributed by atoms with Crippen LogP contribution in [0, 0.1) is 0 Å². The van der Waals surface area contributed by atoms with Crippen LogP contribution >= 0.6 is 11.3 Å². The van der Waals surface area contributed by atoms with E-state index in [9.17, 15) is 0 Å². The summed E-state index contributed by atoms with van der Waals surface area (Å²) < 4.78 is 1.20. The maximum absolute atomic E-state index is 8.87. The van der Waals surface area contributed by atoms with E-state index in [2.05, 4.69) is 6.07 Å². The molecule has 68 valence electrons. The van der Waals surface area contributed by atoms with Crippen molar-refractivity contribution in [2.24, 2.45) is 0 Å². The molecule has 0 unspecified atom stereocenters. The van der Waals surface area contributed by atoms with E-state index in [1.54, 1.807) is 11.3 Å². The van der Waals surface area contributed by atoms with Crippen LogP contribution in [0.25, 0.3) is 10.1 Å². The lowest BCUT2D eigenvalue weighted by atomic mass is 10.1. The van der Waals surface area contributed by atoms with Gasteiger partial charge in [-0.25, -0.2) is 0 Å². The molecule has 0 aliphatic rings. The number of fused-ring (bicyclic) bond motifs is 1. The molecule has 0 radical (unpaired) electrons. The molecule has 0 bridgehead atoms. The zero-order chi connectivity index (χ0) is 9.26. The molecule has 1 heterocycles. The highest BCUT2D eigenvalue weighted by Gasteiger charge is 2.07. The molecule has 3 heteroatoms. The van der Waals surface area contributed by atoms with Crippen LogP contribution in [-0.2, 0) is 6.42 Å². The van der Waals surface area contributed by atoms with E-state index in [1.165, 1.54) is 10.1 Å². The Morgan fingerprint density at radius 1 is 1.31 bits per heavy atom. The molecule has 2 rings (SSSR count). The normalized spacial score (nSPS) is 10.8. The van der Waals surface area contributed by atoms with Crippen LogP contribution in [0.5, 0.6) is 0 Å². The van der Waals surface area contributed by atoms with Crippen LogP contribution in [0.1, 0.15) is 5.56 Å². The number of thiophene rings is 1. The summed E-state index contributed by atoms with van der Waals surface area (Å²) in [6, 6.07) is 8.10. The van der Waals surface area contributed by atoms with Crippen molar-refractivity contribution in [3.8, 4) is 0 Å². The molecule has 0 amide bonds. The molecular formula is C10H11NOS. The van der Waals surface area contributed by atoms with Gasteiger partial charge in [0.2, 0.25) is 0 Å². The molecule has 0 atom stereocenters. The lowest BCUT2D eigenvalue weighted by Crippen LogP contribution is -1.93. The van der Waals surface area contributed by atoms with Gasteiger partial charge in [-0.15, -0.1) is 11.3 Å². The summed E-state index contributed by atoms with van der Waals surface area (Å²) in [6.45, 7) is 0.158. The molecule has 2 nitrogen and oxygen atoms in total. The average Bonchev–Trinajstić information content (AvgIpc) is 2.44. The minimum absolute atomic E-state index is 0.158. The highest BCUT2D eigenvalue weighted by molar-refractivity contribution is 7.22. The van der Waals surface area contributed by atoms with Crippen molar-refractivity contribution in [1.29, 1.82) is 0 Å². The smallest absolute Gasteiger partial charge is 0.0902 e. The van der Waals surface area contributed by atoms with E-state index < -0.39 is 0 Å². The van der Waals surface area contributed by atoms with Crippen LogP contribution in [0.2, 0.25) is 0 Å². The molecule has 1 aromatic carbocycles. The van der Waals surface area contributed by atoms with Crippen LogP contribution < -0.4 is 5.73 Å². The third-order valence-electron chi connectivity index (χ3n) is 2.09. The number of aliphatic hydroxyl groups is 1. The first kappa shape index (κ1) is 8.53. The van der Waals surface area contributed by atoms with E-state index in [0.717, 1.165) is 10.6 Å². The van der Waals surface area contributed by atoms with Gasteiger partial charge < -0.3 is 10.8 Å². The molecule has 0 spiro atoms. The van der Waals surface area contributed by atoms with E-state index in [1.807, 2.05) is 18.2 Å². The minimum atomic E-state index is 0.158. The second kappa shape index (κ2) is 3.36. The van der Waals surface area contributed by atoms with Gasteiger partial charge in [-0.05, 0) is 23.4 Å². The Morgan fingerprint density at radius 2 is 2.08 bits per heavy atom. The van der Waals surface area contributed by atoms with E-state index in [-0.39, 0.29) is 6.61 Å². The molecule has 1 aromatic heterocycles. The Hall–Kier alpha value is -1.06. The van der Waals surface area contributed by atoms with Crippen LogP contribution in [0.3, 0.4) is 0 Å². The molecule has 2 aromatic rings. The van der Waals surface area contributed by atoms with E-state index >= 15 is 0 Å². The number of hydrogen-bond acceptors (Lipinski definition) is 3. The highest BCUT2D eigenvalue weighted by Crippen LogP contribution is 2.33. The Balaban J connectivity index is 2.64. The van der Waals surface area contributed by atoms with Crippen molar-refractivity contribution < 1.29 is 5.11 Å². The number of anilines is 1. The number of hydrogen-bond donors (Lipinski definition) is 2. The number of rotatable bonds is 2. The Morgan fingerprint density at radius 3 is 2.85 bits per heavy atom. The van der Waals surface area contributed by atoms with Gasteiger partial charge in [0.25, 0.3) is 0 Å². The quantitative estimate of drug-likeness (QED) is 0.766. The maximum Gasteiger partial charge on any atom is 0.0902 e. The van der Waals surface area contributed by atoms with E-state index in [4.69, 9.17) is 10.8 Å². The lowest BCUT2D eigenvalue weighted by Gasteiger charge is -1.96. The fraction of sp³-hybridized carbons (Fsp3) is 0.200. The molecule has 0 saturated heterocycles. The van der Waals surface area contributed by atoms with Crippen LogP contribution in [0.15, 0.2) is 24.3 Å².